The van der Waals surface area contributed by atoms with Crippen LogP contribution < -0.4 is 10.1 Å². The summed E-state index contributed by atoms with van der Waals surface area (Å²) >= 11 is 5.84. The molecular formula is C28H26N4O3S. The van der Waals surface area contributed by atoms with Gasteiger partial charge in [-0.3, -0.25) is 4.98 Å². The molecule has 7 nitrogen and oxygen atoms in total. The van der Waals surface area contributed by atoms with Gasteiger partial charge in [0.05, 0.1) is 37.6 Å². The Bertz CT molecular complexity index is 1370. The third-order valence-corrected chi connectivity index (χ3v) is 6.69. The number of rotatable bonds is 7. The quantitative estimate of drug-likeness (QED) is 0.289. The highest BCUT2D eigenvalue weighted by atomic mass is 32.1. The van der Waals surface area contributed by atoms with Crippen molar-refractivity contribution >= 4 is 23.3 Å². The Balaban J connectivity index is 1.57. The average Bonchev–Trinajstić information content (AvgIpc) is 3.53. The van der Waals surface area contributed by atoms with Gasteiger partial charge in [0, 0.05) is 30.3 Å². The number of carbonyl (C=O) groups is 1. The molecule has 2 aromatic carbocycles. The number of esters is 1. The molecule has 0 spiro atoms. The Kier molecular flexibility index (Phi) is 6.69. The fourth-order valence-electron chi connectivity index (χ4n) is 4.60. The van der Waals surface area contributed by atoms with Crippen LogP contribution in [0, 0.1) is 0 Å². The Labute approximate surface area is 215 Å². The summed E-state index contributed by atoms with van der Waals surface area (Å²) in [6.07, 6.45) is 3.79. The van der Waals surface area contributed by atoms with Gasteiger partial charge >= 0.3 is 5.97 Å². The first kappa shape index (κ1) is 23.6. The number of hydrogen-bond donors (Lipinski definition) is 1. The number of pyridine rings is 1. The fourth-order valence-corrected chi connectivity index (χ4v) is 4.90. The van der Waals surface area contributed by atoms with Gasteiger partial charge in [-0.1, -0.05) is 24.3 Å². The third-order valence-electron chi connectivity index (χ3n) is 6.34. The van der Waals surface area contributed by atoms with E-state index >= 15 is 0 Å². The zero-order chi connectivity index (χ0) is 25.1. The molecule has 1 aliphatic rings. The van der Waals surface area contributed by atoms with E-state index < -0.39 is 0 Å². The normalized spacial score (nSPS) is 17.1. The monoisotopic (exact) mass is 498 g/mol. The minimum absolute atomic E-state index is 0.147. The van der Waals surface area contributed by atoms with E-state index in [2.05, 4.69) is 25.8 Å². The second-order valence-electron chi connectivity index (χ2n) is 8.45. The molecule has 3 heterocycles. The number of hydrogen-bond acceptors (Lipinski definition) is 5. The SMILES string of the molecule is COC(=O)c1cccc(-n2cccc2[C@H]2[C@H](c3ccccn3)NC(=S)N2Cc2ccc(OC)cc2)c1. The summed E-state index contributed by atoms with van der Waals surface area (Å²) in [6, 6.07) is 25.1. The van der Waals surface area contributed by atoms with Crippen LogP contribution in [-0.2, 0) is 11.3 Å². The predicted octanol–water partition coefficient (Wildman–Crippen LogP) is 4.84. The van der Waals surface area contributed by atoms with E-state index in [1.807, 2.05) is 72.9 Å². The maximum Gasteiger partial charge on any atom is 0.337 e. The fraction of sp³-hybridized carbons (Fsp3) is 0.179. The van der Waals surface area contributed by atoms with Gasteiger partial charge in [-0.25, -0.2) is 4.79 Å². The summed E-state index contributed by atoms with van der Waals surface area (Å²) < 4.78 is 12.3. The summed E-state index contributed by atoms with van der Waals surface area (Å²) in [6.45, 7) is 0.608. The number of nitrogens with zero attached hydrogens (tertiary/aromatic N) is 3. The first-order chi connectivity index (χ1) is 17.6. The number of aromatic nitrogens is 2. The second-order valence-corrected chi connectivity index (χ2v) is 8.83. The van der Waals surface area contributed by atoms with E-state index in [4.69, 9.17) is 21.7 Å². The molecule has 1 aliphatic heterocycles. The number of nitrogens with one attached hydrogen (secondary N) is 1. The van der Waals surface area contributed by atoms with Crippen LogP contribution in [0.5, 0.6) is 5.75 Å². The Hall–Kier alpha value is -4.17. The standard InChI is InChI=1S/C28H26N4O3S/c1-34-22-13-11-19(12-14-22)18-32-26(25(30-28(32)36)23-9-3-4-15-29-23)24-10-6-16-31(24)21-8-5-7-20(17-21)27(33)35-2/h3-17,25-26H,18H2,1-2H3,(H,30,36)/t25-,26-/m0/s1. The Morgan fingerprint density at radius 2 is 1.86 bits per heavy atom. The van der Waals surface area contributed by atoms with Crippen molar-refractivity contribution in [3.05, 3.63) is 114 Å². The lowest BCUT2D eigenvalue weighted by Crippen LogP contribution is -2.30. The highest BCUT2D eigenvalue weighted by Crippen LogP contribution is 2.40. The molecule has 0 unspecified atom stereocenters. The van der Waals surface area contributed by atoms with Crippen LogP contribution in [0.25, 0.3) is 5.69 Å². The molecule has 0 aliphatic carbocycles. The molecule has 1 N–H and O–H groups in total. The molecule has 1 fully saturated rings. The zero-order valence-electron chi connectivity index (χ0n) is 20.0. The molecular weight excluding hydrogens is 472 g/mol. The molecule has 2 aromatic heterocycles. The topological polar surface area (TPSA) is 68.6 Å². The molecule has 2 atom stereocenters. The van der Waals surface area contributed by atoms with Gasteiger partial charge in [-0.2, -0.15) is 0 Å². The van der Waals surface area contributed by atoms with Crippen molar-refractivity contribution in [2.75, 3.05) is 14.2 Å². The summed E-state index contributed by atoms with van der Waals surface area (Å²) in [4.78, 5) is 19.0. The summed E-state index contributed by atoms with van der Waals surface area (Å²) in [5.74, 6) is 0.435. The van der Waals surface area contributed by atoms with Gasteiger partial charge in [0.25, 0.3) is 0 Å². The molecule has 36 heavy (non-hydrogen) atoms. The lowest BCUT2D eigenvalue weighted by Gasteiger charge is -2.29. The van der Waals surface area contributed by atoms with Crippen LogP contribution in [0.4, 0.5) is 0 Å². The number of thiocarbonyl (C=S) groups is 1. The van der Waals surface area contributed by atoms with Crippen LogP contribution in [0.15, 0.2) is 91.3 Å². The molecule has 0 amide bonds. The van der Waals surface area contributed by atoms with E-state index in [1.165, 1.54) is 7.11 Å². The van der Waals surface area contributed by atoms with Gasteiger partial charge in [-0.05, 0) is 72.4 Å². The molecule has 0 bridgehead atoms. The first-order valence-electron chi connectivity index (χ1n) is 11.6. The number of benzene rings is 2. The predicted molar refractivity (Wildman–Crippen MR) is 141 cm³/mol. The summed E-state index contributed by atoms with van der Waals surface area (Å²) in [7, 11) is 3.04. The third kappa shape index (κ3) is 4.55. The molecule has 0 saturated carbocycles. The van der Waals surface area contributed by atoms with Gasteiger partial charge in [0.15, 0.2) is 5.11 Å². The van der Waals surface area contributed by atoms with E-state index in [0.29, 0.717) is 17.2 Å². The smallest absolute Gasteiger partial charge is 0.337 e. The second kappa shape index (κ2) is 10.2. The molecule has 0 radical (unpaired) electrons. The highest BCUT2D eigenvalue weighted by molar-refractivity contribution is 7.80. The molecule has 182 valence electrons. The maximum atomic E-state index is 12.2. The number of ether oxygens (including phenoxy) is 2. The van der Waals surface area contributed by atoms with E-state index in [9.17, 15) is 4.79 Å². The molecule has 4 aromatic rings. The van der Waals surface area contributed by atoms with E-state index in [0.717, 1.165) is 28.4 Å². The Morgan fingerprint density at radius 3 is 2.58 bits per heavy atom. The summed E-state index contributed by atoms with van der Waals surface area (Å²) in [5, 5.41) is 4.16. The van der Waals surface area contributed by atoms with Crippen molar-refractivity contribution < 1.29 is 14.3 Å². The van der Waals surface area contributed by atoms with Crippen molar-refractivity contribution in [1.82, 2.24) is 19.8 Å². The maximum absolute atomic E-state index is 12.2. The van der Waals surface area contributed by atoms with E-state index in [-0.39, 0.29) is 18.1 Å². The minimum Gasteiger partial charge on any atom is -0.497 e. The molecule has 1 saturated heterocycles. The first-order valence-corrected chi connectivity index (χ1v) is 12.0. The Morgan fingerprint density at radius 1 is 1.03 bits per heavy atom. The largest absolute Gasteiger partial charge is 0.497 e. The van der Waals surface area contributed by atoms with Crippen LogP contribution in [-0.4, -0.2) is 39.8 Å². The van der Waals surface area contributed by atoms with Crippen LogP contribution >= 0.6 is 12.2 Å². The van der Waals surface area contributed by atoms with Crippen LogP contribution in [0.3, 0.4) is 0 Å². The van der Waals surface area contributed by atoms with Gasteiger partial charge < -0.3 is 24.3 Å². The lowest BCUT2D eigenvalue weighted by molar-refractivity contribution is 0.0600. The molecule has 5 rings (SSSR count). The highest BCUT2D eigenvalue weighted by Gasteiger charge is 2.41. The van der Waals surface area contributed by atoms with Crippen molar-refractivity contribution in [1.29, 1.82) is 0 Å². The zero-order valence-corrected chi connectivity index (χ0v) is 20.8. The number of carbonyl (C=O) groups excluding carboxylic acids is 1. The van der Waals surface area contributed by atoms with Crippen molar-refractivity contribution in [2.45, 2.75) is 18.6 Å². The van der Waals surface area contributed by atoms with Crippen molar-refractivity contribution in [3.63, 3.8) is 0 Å². The van der Waals surface area contributed by atoms with Crippen LogP contribution in [0.1, 0.15) is 39.4 Å². The number of methoxy groups -OCH3 is 2. The minimum atomic E-state index is -0.373. The summed E-state index contributed by atoms with van der Waals surface area (Å²) in [5.41, 5.74) is 4.38. The average molecular weight is 499 g/mol. The molecule has 8 heteroatoms. The van der Waals surface area contributed by atoms with Crippen LogP contribution in [0.2, 0.25) is 0 Å². The van der Waals surface area contributed by atoms with E-state index in [1.54, 1.807) is 19.4 Å². The van der Waals surface area contributed by atoms with Gasteiger partial charge in [0.1, 0.15) is 5.75 Å². The van der Waals surface area contributed by atoms with Crippen molar-refractivity contribution in [2.24, 2.45) is 0 Å². The van der Waals surface area contributed by atoms with Gasteiger partial charge in [0.2, 0.25) is 0 Å². The van der Waals surface area contributed by atoms with Gasteiger partial charge in [-0.15, -0.1) is 0 Å². The lowest BCUT2D eigenvalue weighted by atomic mass is 10.0. The van der Waals surface area contributed by atoms with Crippen molar-refractivity contribution in [3.8, 4) is 11.4 Å².